The number of aromatic nitrogens is 1. The monoisotopic (exact) mass is 521 g/mol. The van der Waals surface area contributed by atoms with E-state index in [1.165, 1.54) is 4.90 Å². The first-order valence-corrected chi connectivity index (χ1v) is 12.6. The summed E-state index contributed by atoms with van der Waals surface area (Å²) in [4.78, 5) is 32.2. The van der Waals surface area contributed by atoms with Crippen molar-refractivity contribution >= 4 is 34.3 Å². The predicted octanol–water partition coefficient (Wildman–Crippen LogP) is 2.90. The summed E-state index contributed by atoms with van der Waals surface area (Å²) in [5.41, 5.74) is 2.65. The fourth-order valence-electron chi connectivity index (χ4n) is 5.36. The molecule has 0 saturated carbocycles. The number of carbonyl (C=O) groups is 2. The van der Waals surface area contributed by atoms with E-state index >= 15 is 0 Å². The summed E-state index contributed by atoms with van der Waals surface area (Å²) in [6.07, 6.45) is 0.861. The normalized spacial score (nSPS) is 21.8. The molecule has 0 bridgehead atoms. The fourth-order valence-corrected chi connectivity index (χ4v) is 5.55. The van der Waals surface area contributed by atoms with E-state index in [0.717, 1.165) is 16.5 Å². The number of nitrogens with zero attached hydrogens (tertiary/aromatic N) is 2. The molecule has 37 heavy (non-hydrogen) atoms. The van der Waals surface area contributed by atoms with Crippen molar-refractivity contribution in [2.75, 3.05) is 20.2 Å². The first-order valence-electron chi connectivity index (χ1n) is 12.3. The van der Waals surface area contributed by atoms with Crippen LogP contribution in [0.2, 0.25) is 5.02 Å². The van der Waals surface area contributed by atoms with Crippen LogP contribution < -0.4 is 15.4 Å². The molecule has 1 fully saturated rings. The van der Waals surface area contributed by atoms with Gasteiger partial charge >= 0.3 is 0 Å². The number of carbonyl (C=O) groups excluding carboxylic acids is 2. The Labute approximate surface area is 219 Å². The molecule has 1 saturated heterocycles. The second-order valence-electron chi connectivity index (χ2n) is 9.47. The molecule has 5 rings (SSSR count). The molecule has 2 amide bonds. The van der Waals surface area contributed by atoms with Crippen LogP contribution in [0, 0.1) is 17.2 Å². The Bertz CT molecular complexity index is 1380. The smallest absolute Gasteiger partial charge is 0.271 e. The van der Waals surface area contributed by atoms with E-state index in [0.29, 0.717) is 54.4 Å². The van der Waals surface area contributed by atoms with Gasteiger partial charge in [0.15, 0.2) is 0 Å². The molecular formula is C27H28ClN5O4. The molecule has 3 aromatic rings. The molecule has 192 valence electrons. The van der Waals surface area contributed by atoms with Crippen molar-refractivity contribution in [1.82, 2.24) is 20.5 Å². The van der Waals surface area contributed by atoms with Crippen LogP contribution in [0.1, 0.15) is 40.5 Å². The Morgan fingerprint density at radius 2 is 2.16 bits per heavy atom. The Morgan fingerprint density at radius 1 is 1.32 bits per heavy atom. The number of ether oxygens (including phenoxy) is 1. The van der Waals surface area contributed by atoms with Crippen molar-refractivity contribution in [3.63, 3.8) is 0 Å². The number of benzene rings is 2. The summed E-state index contributed by atoms with van der Waals surface area (Å²) in [5.74, 6) is -0.275. The topological polar surface area (TPSA) is 130 Å². The highest BCUT2D eigenvalue weighted by Crippen LogP contribution is 2.34. The average Bonchev–Trinajstić information content (AvgIpc) is 3.52. The molecule has 9 nitrogen and oxygen atoms in total. The van der Waals surface area contributed by atoms with Crippen LogP contribution in [-0.4, -0.2) is 59.3 Å². The van der Waals surface area contributed by atoms with Crippen LogP contribution in [0.5, 0.6) is 5.75 Å². The van der Waals surface area contributed by atoms with E-state index in [2.05, 4.69) is 21.7 Å². The Hall–Kier alpha value is -3.58. The Kier molecular flexibility index (Phi) is 7.07. The fraction of sp³-hybridized carbons (Fsp3) is 0.370. The number of fused-ring (bicyclic) bond motifs is 2. The van der Waals surface area contributed by atoms with Crippen molar-refractivity contribution in [2.24, 2.45) is 5.92 Å². The Morgan fingerprint density at radius 3 is 2.89 bits per heavy atom. The van der Waals surface area contributed by atoms with E-state index in [-0.39, 0.29) is 11.8 Å². The molecule has 10 heteroatoms. The quantitative estimate of drug-likeness (QED) is 0.394. The van der Waals surface area contributed by atoms with E-state index in [1.54, 1.807) is 25.3 Å². The van der Waals surface area contributed by atoms with Crippen molar-refractivity contribution < 1.29 is 19.4 Å². The molecule has 3 heterocycles. The standard InChI is InChI=1S/C27H28ClN5O4/c1-37-23-4-2-3-21-20(23)13-22(32-21)27(36)33-10-8-15-11-17(28)5-6-19(15)24(33)26(35)31-18(14-29)12-16-7-9-30-25(16)34/h2-6,11,13,16,18,24-25,30,32,34H,7-10,12H2,1H3,(H,31,35). The van der Waals surface area contributed by atoms with E-state index in [1.807, 2.05) is 24.3 Å². The SMILES string of the molecule is COc1cccc2[nH]c(C(=O)N3CCc4cc(Cl)ccc4C3C(=O)NC(C#N)CC3CCNC3O)cc12. The zero-order valence-electron chi connectivity index (χ0n) is 20.3. The third-order valence-electron chi connectivity index (χ3n) is 7.24. The molecule has 2 aliphatic rings. The van der Waals surface area contributed by atoms with Gasteiger partial charge in [0.05, 0.1) is 13.2 Å². The lowest BCUT2D eigenvalue weighted by Gasteiger charge is -2.36. The maximum Gasteiger partial charge on any atom is 0.271 e. The summed E-state index contributed by atoms with van der Waals surface area (Å²) in [6, 6.07) is 12.9. The van der Waals surface area contributed by atoms with Crippen LogP contribution in [0.3, 0.4) is 0 Å². The summed E-state index contributed by atoms with van der Waals surface area (Å²) in [6.45, 7) is 0.964. The molecule has 4 N–H and O–H groups in total. The number of methoxy groups -OCH3 is 1. The van der Waals surface area contributed by atoms with Gasteiger partial charge < -0.3 is 25.0 Å². The van der Waals surface area contributed by atoms with Gasteiger partial charge in [-0.3, -0.25) is 14.9 Å². The first-order chi connectivity index (χ1) is 17.9. The highest BCUT2D eigenvalue weighted by molar-refractivity contribution is 6.30. The third kappa shape index (κ3) is 4.88. The van der Waals surface area contributed by atoms with Crippen LogP contribution in [0.15, 0.2) is 42.5 Å². The van der Waals surface area contributed by atoms with Gasteiger partial charge in [-0.05, 0) is 67.3 Å². The molecule has 0 aliphatic carbocycles. The van der Waals surface area contributed by atoms with Crippen LogP contribution in [0.25, 0.3) is 10.9 Å². The van der Waals surface area contributed by atoms with Crippen molar-refractivity contribution in [3.05, 3.63) is 64.3 Å². The molecule has 2 aromatic carbocycles. The maximum absolute atomic E-state index is 13.8. The lowest BCUT2D eigenvalue weighted by atomic mass is 9.91. The third-order valence-corrected chi connectivity index (χ3v) is 7.48. The lowest BCUT2D eigenvalue weighted by molar-refractivity contribution is -0.126. The van der Waals surface area contributed by atoms with Gasteiger partial charge in [-0.25, -0.2) is 0 Å². The minimum absolute atomic E-state index is 0.138. The van der Waals surface area contributed by atoms with Crippen molar-refractivity contribution in [2.45, 2.75) is 37.6 Å². The van der Waals surface area contributed by atoms with Crippen molar-refractivity contribution in [1.29, 1.82) is 5.26 Å². The number of aromatic amines is 1. The highest BCUT2D eigenvalue weighted by Gasteiger charge is 2.38. The molecule has 4 unspecified atom stereocenters. The van der Waals surface area contributed by atoms with Gasteiger partial charge in [-0.2, -0.15) is 5.26 Å². The lowest BCUT2D eigenvalue weighted by Crippen LogP contribution is -2.49. The number of hydrogen-bond acceptors (Lipinski definition) is 6. The molecule has 2 aliphatic heterocycles. The summed E-state index contributed by atoms with van der Waals surface area (Å²) >= 11 is 6.22. The van der Waals surface area contributed by atoms with Crippen LogP contribution in [0.4, 0.5) is 0 Å². The molecular weight excluding hydrogens is 494 g/mol. The molecule has 0 radical (unpaired) electrons. The first kappa shape index (κ1) is 25.1. The largest absolute Gasteiger partial charge is 0.496 e. The van der Waals surface area contributed by atoms with Gasteiger partial charge in [0.25, 0.3) is 5.91 Å². The zero-order chi connectivity index (χ0) is 26.1. The number of aliphatic hydroxyl groups excluding tert-OH is 1. The van der Waals surface area contributed by atoms with E-state index in [4.69, 9.17) is 16.3 Å². The molecule has 0 spiro atoms. The predicted molar refractivity (Wildman–Crippen MR) is 138 cm³/mol. The molecule has 1 aromatic heterocycles. The number of hydrogen-bond donors (Lipinski definition) is 4. The Balaban J connectivity index is 1.46. The van der Waals surface area contributed by atoms with Gasteiger partial charge in [0.1, 0.15) is 29.8 Å². The van der Waals surface area contributed by atoms with E-state index < -0.39 is 24.2 Å². The minimum Gasteiger partial charge on any atom is -0.496 e. The summed E-state index contributed by atoms with van der Waals surface area (Å²) < 4.78 is 5.43. The number of aliphatic hydroxyl groups is 1. The number of halogens is 1. The van der Waals surface area contributed by atoms with E-state index in [9.17, 15) is 20.0 Å². The van der Waals surface area contributed by atoms with Gasteiger partial charge in [-0.15, -0.1) is 0 Å². The summed E-state index contributed by atoms with van der Waals surface area (Å²) in [5, 5.41) is 26.9. The van der Waals surface area contributed by atoms with Gasteiger partial charge in [-0.1, -0.05) is 23.7 Å². The number of rotatable bonds is 6. The number of nitriles is 1. The number of nitrogens with one attached hydrogen (secondary N) is 3. The second-order valence-corrected chi connectivity index (χ2v) is 9.91. The van der Waals surface area contributed by atoms with Crippen LogP contribution in [-0.2, 0) is 11.2 Å². The van der Waals surface area contributed by atoms with Crippen LogP contribution >= 0.6 is 11.6 Å². The highest BCUT2D eigenvalue weighted by atomic mass is 35.5. The van der Waals surface area contributed by atoms with Gasteiger partial charge in [0.2, 0.25) is 5.91 Å². The second kappa shape index (κ2) is 10.4. The maximum atomic E-state index is 13.8. The summed E-state index contributed by atoms with van der Waals surface area (Å²) in [7, 11) is 1.57. The van der Waals surface area contributed by atoms with Gasteiger partial charge in [0, 0.05) is 28.4 Å². The number of amides is 2. The minimum atomic E-state index is -0.940. The number of H-pyrrole nitrogens is 1. The van der Waals surface area contributed by atoms with Crippen molar-refractivity contribution in [3.8, 4) is 11.8 Å². The molecule has 4 atom stereocenters. The zero-order valence-corrected chi connectivity index (χ0v) is 21.1. The average molecular weight is 522 g/mol.